The highest BCUT2D eigenvalue weighted by molar-refractivity contribution is 6.31. The molecule has 134 valence electrons. The van der Waals surface area contributed by atoms with Gasteiger partial charge in [0.1, 0.15) is 0 Å². The number of aliphatic hydroxyl groups excluding tert-OH is 1. The lowest BCUT2D eigenvalue weighted by molar-refractivity contribution is 0.0677. The number of nitrogens with one attached hydrogen (secondary N) is 1. The number of nitrogens with zero attached hydrogens (tertiary/aromatic N) is 3. The number of benzene rings is 1. The van der Waals surface area contributed by atoms with Crippen molar-refractivity contribution in [2.75, 3.05) is 58.7 Å². The first kappa shape index (κ1) is 19.0. The van der Waals surface area contributed by atoms with Crippen molar-refractivity contribution in [2.24, 2.45) is 0 Å². The molecule has 7 heteroatoms. The van der Waals surface area contributed by atoms with E-state index in [9.17, 15) is 9.90 Å². The molecule has 1 aromatic carbocycles. The molecule has 0 aliphatic carbocycles. The van der Waals surface area contributed by atoms with E-state index in [1.165, 1.54) is 0 Å². The molecule has 1 aliphatic heterocycles. The second kappa shape index (κ2) is 8.67. The molecule has 0 radical (unpaired) electrons. The molecule has 2 N–H and O–H groups in total. The van der Waals surface area contributed by atoms with E-state index in [2.05, 4.69) is 10.2 Å². The van der Waals surface area contributed by atoms with Crippen molar-refractivity contribution in [3.05, 3.63) is 28.8 Å². The summed E-state index contributed by atoms with van der Waals surface area (Å²) in [5.41, 5.74) is 1.69. The van der Waals surface area contributed by atoms with Gasteiger partial charge in [-0.05, 0) is 44.8 Å². The first-order valence-electron chi connectivity index (χ1n) is 8.22. The first-order valence-corrected chi connectivity index (χ1v) is 8.60. The number of piperazine rings is 1. The van der Waals surface area contributed by atoms with Gasteiger partial charge in [-0.15, -0.1) is 0 Å². The van der Waals surface area contributed by atoms with Crippen LogP contribution in [0.15, 0.2) is 18.2 Å². The number of aryl methyl sites for hydroxylation is 1. The fraction of sp³-hybridized carbons (Fsp3) is 0.588. The highest BCUT2D eigenvalue weighted by Crippen LogP contribution is 2.19. The molecule has 1 aliphatic rings. The van der Waals surface area contributed by atoms with Gasteiger partial charge in [0.25, 0.3) is 0 Å². The summed E-state index contributed by atoms with van der Waals surface area (Å²) in [5.74, 6) is 0. The Morgan fingerprint density at radius 3 is 2.58 bits per heavy atom. The van der Waals surface area contributed by atoms with Crippen molar-refractivity contribution in [1.29, 1.82) is 0 Å². The Morgan fingerprint density at radius 2 is 2.00 bits per heavy atom. The fourth-order valence-corrected chi connectivity index (χ4v) is 2.95. The third kappa shape index (κ3) is 5.63. The van der Waals surface area contributed by atoms with Crippen molar-refractivity contribution in [3.8, 4) is 0 Å². The summed E-state index contributed by atoms with van der Waals surface area (Å²) in [7, 11) is 3.90. The number of anilines is 1. The number of rotatable bonds is 5. The minimum atomic E-state index is -0.364. The lowest BCUT2D eigenvalue weighted by Gasteiger charge is -2.35. The number of aliphatic hydroxyl groups is 1. The first-order chi connectivity index (χ1) is 11.3. The average molecular weight is 355 g/mol. The highest BCUT2D eigenvalue weighted by Gasteiger charge is 2.22. The molecule has 0 bridgehead atoms. The number of carbonyl (C=O) groups is 1. The smallest absolute Gasteiger partial charge is 0.321 e. The number of β-amino-alcohol motifs (C(OH)–C–C–N with tert-alkyl or cyclic N) is 1. The van der Waals surface area contributed by atoms with Crippen molar-refractivity contribution in [3.63, 3.8) is 0 Å². The maximum Gasteiger partial charge on any atom is 0.321 e. The van der Waals surface area contributed by atoms with Crippen LogP contribution in [-0.2, 0) is 0 Å². The maximum absolute atomic E-state index is 12.3. The third-order valence-corrected chi connectivity index (χ3v) is 4.54. The Labute approximate surface area is 149 Å². The Balaban J connectivity index is 1.79. The van der Waals surface area contributed by atoms with Crippen molar-refractivity contribution in [2.45, 2.75) is 13.0 Å². The molecule has 2 amide bonds. The molecule has 0 saturated carbocycles. The number of hydrogen-bond acceptors (Lipinski definition) is 4. The van der Waals surface area contributed by atoms with Gasteiger partial charge in [0.15, 0.2) is 0 Å². The minimum absolute atomic E-state index is 0.0924. The molecule has 0 unspecified atom stereocenters. The Bertz CT molecular complexity index is 560. The molecule has 1 atom stereocenters. The number of amides is 2. The van der Waals surface area contributed by atoms with Gasteiger partial charge in [0, 0.05) is 50.0 Å². The van der Waals surface area contributed by atoms with Crippen molar-refractivity contribution < 1.29 is 9.90 Å². The summed E-state index contributed by atoms with van der Waals surface area (Å²) in [4.78, 5) is 18.3. The van der Waals surface area contributed by atoms with E-state index in [-0.39, 0.29) is 12.1 Å². The fourth-order valence-electron chi connectivity index (χ4n) is 2.84. The number of carbonyl (C=O) groups excluding carboxylic acids is 1. The summed E-state index contributed by atoms with van der Waals surface area (Å²) in [5, 5.41) is 13.6. The standard InChI is InChI=1S/C17H27ClN4O2/c1-13-10-14(4-5-16(13)18)19-17(24)22-8-6-21(7-9-22)12-15(23)11-20(2)3/h4-5,10,15,23H,6-9,11-12H2,1-3H3,(H,19,24)/t15-/m1/s1. The molecule has 1 saturated heterocycles. The van der Waals surface area contributed by atoms with E-state index in [1.807, 2.05) is 32.0 Å². The maximum atomic E-state index is 12.3. The lowest BCUT2D eigenvalue weighted by atomic mass is 10.2. The van der Waals surface area contributed by atoms with Gasteiger partial charge in [0.05, 0.1) is 6.10 Å². The van der Waals surface area contributed by atoms with Crippen LogP contribution in [0.2, 0.25) is 5.02 Å². The third-order valence-electron chi connectivity index (χ3n) is 4.11. The summed E-state index contributed by atoms with van der Waals surface area (Å²) < 4.78 is 0. The van der Waals surface area contributed by atoms with Crippen LogP contribution in [0.5, 0.6) is 0 Å². The summed E-state index contributed by atoms with van der Waals surface area (Å²) >= 11 is 6.00. The highest BCUT2D eigenvalue weighted by atomic mass is 35.5. The van der Waals surface area contributed by atoms with Gasteiger partial charge in [-0.1, -0.05) is 11.6 Å². The van der Waals surface area contributed by atoms with Gasteiger partial charge < -0.3 is 20.2 Å². The molecule has 0 aromatic heterocycles. The Morgan fingerprint density at radius 1 is 1.33 bits per heavy atom. The predicted octanol–water partition coefficient (Wildman–Crippen LogP) is 1.72. The van der Waals surface area contributed by atoms with Gasteiger partial charge in [0.2, 0.25) is 0 Å². The van der Waals surface area contributed by atoms with Crippen LogP contribution >= 0.6 is 11.6 Å². The van der Waals surface area contributed by atoms with Crippen LogP contribution < -0.4 is 5.32 Å². The van der Waals surface area contributed by atoms with Crippen LogP contribution in [0.4, 0.5) is 10.5 Å². The van der Waals surface area contributed by atoms with Crippen LogP contribution in [0.1, 0.15) is 5.56 Å². The molecule has 1 fully saturated rings. The second-order valence-corrected chi connectivity index (χ2v) is 7.01. The second-order valence-electron chi connectivity index (χ2n) is 6.60. The zero-order valence-electron chi connectivity index (χ0n) is 14.6. The molecule has 0 spiro atoms. The minimum Gasteiger partial charge on any atom is -0.390 e. The van der Waals surface area contributed by atoms with E-state index in [0.29, 0.717) is 31.2 Å². The molecule has 6 nitrogen and oxygen atoms in total. The van der Waals surface area contributed by atoms with Gasteiger partial charge in [-0.3, -0.25) is 4.90 Å². The van der Waals surface area contributed by atoms with Crippen LogP contribution in [-0.4, -0.2) is 85.3 Å². The topological polar surface area (TPSA) is 59.1 Å². The lowest BCUT2D eigenvalue weighted by Crippen LogP contribution is -2.52. The SMILES string of the molecule is Cc1cc(NC(=O)N2CCN(C[C@H](O)CN(C)C)CC2)ccc1Cl. The quantitative estimate of drug-likeness (QED) is 0.845. The Kier molecular flexibility index (Phi) is 6.86. The zero-order valence-corrected chi connectivity index (χ0v) is 15.4. The van der Waals surface area contributed by atoms with E-state index in [4.69, 9.17) is 11.6 Å². The van der Waals surface area contributed by atoms with E-state index in [1.54, 1.807) is 17.0 Å². The van der Waals surface area contributed by atoms with Crippen LogP contribution in [0.25, 0.3) is 0 Å². The van der Waals surface area contributed by atoms with Crippen LogP contribution in [0, 0.1) is 6.92 Å². The van der Waals surface area contributed by atoms with Gasteiger partial charge in [-0.2, -0.15) is 0 Å². The van der Waals surface area contributed by atoms with E-state index < -0.39 is 0 Å². The summed E-state index contributed by atoms with van der Waals surface area (Å²) in [6.07, 6.45) is -0.364. The monoisotopic (exact) mass is 354 g/mol. The molecule has 1 heterocycles. The van der Waals surface area contributed by atoms with Crippen LogP contribution in [0.3, 0.4) is 0 Å². The van der Waals surface area contributed by atoms with E-state index >= 15 is 0 Å². The molecular formula is C17H27ClN4O2. The van der Waals surface area contributed by atoms with Crippen molar-refractivity contribution >= 4 is 23.3 Å². The number of urea groups is 1. The summed E-state index contributed by atoms with van der Waals surface area (Å²) in [6, 6.07) is 5.37. The van der Waals surface area contributed by atoms with Crippen molar-refractivity contribution in [1.82, 2.24) is 14.7 Å². The van der Waals surface area contributed by atoms with E-state index in [0.717, 1.165) is 24.3 Å². The van der Waals surface area contributed by atoms with Gasteiger partial charge in [-0.25, -0.2) is 4.79 Å². The average Bonchev–Trinajstić information content (AvgIpc) is 2.50. The number of hydrogen-bond donors (Lipinski definition) is 2. The van der Waals surface area contributed by atoms with Gasteiger partial charge >= 0.3 is 6.03 Å². The predicted molar refractivity (Wildman–Crippen MR) is 97.8 cm³/mol. The zero-order chi connectivity index (χ0) is 17.7. The molecule has 2 rings (SSSR count). The normalized spacial score (nSPS) is 17.2. The number of likely N-dealkylation sites (N-methyl/N-ethyl adjacent to an activating group) is 1. The molecule has 24 heavy (non-hydrogen) atoms. The largest absolute Gasteiger partial charge is 0.390 e. The molecule has 1 aromatic rings. The summed E-state index contributed by atoms with van der Waals surface area (Å²) in [6.45, 7) is 6.08. The number of halogens is 1. The Hall–Kier alpha value is -1.34. The molecular weight excluding hydrogens is 328 g/mol.